The first kappa shape index (κ1) is 15.3. The van der Waals surface area contributed by atoms with E-state index in [1.165, 1.54) is 19.4 Å². The summed E-state index contributed by atoms with van der Waals surface area (Å²) in [4.78, 5) is 17.9. The van der Waals surface area contributed by atoms with Gasteiger partial charge in [0.25, 0.3) is 0 Å². The van der Waals surface area contributed by atoms with Gasteiger partial charge in [-0.15, -0.1) is 0 Å². The highest BCUT2D eigenvalue weighted by molar-refractivity contribution is 5.73. The zero-order valence-corrected chi connectivity index (χ0v) is 12.7. The fourth-order valence-electron chi connectivity index (χ4n) is 2.28. The van der Waals surface area contributed by atoms with Crippen LogP contribution in [0.3, 0.4) is 0 Å². The number of amides is 2. The van der Waals surface area contributed by atoms with E-state index in [4.69, 9.17) is 0 Å². The Labute approximate surface area is 112 Å². The molecule has 1 heterocycles. The number of hydrogen-bond acceptors (Lipinski definition) is 2. The molecule has 4 nitrogen and oxygen atoms in total. The third-order valence-corrected chi connectivity index (χ3v) is 3.43. The van der Waals surface area contributed by atoms with E-state index in [1.54, 1.807) is 4.90 Å². The Morgan fingerprint density at radius 1 is 1.11 bits per heavy atom. The molecule has 4 heteroatoms. The van der Waals surface area contributed by atoms with Gasteiger partial charge in [0.2, 0.25) is 0 Å². The lowest BCUT2D eigenvalue weighted by Crippen LogP contribution is -2.51. The molecule has 0 saturated carbocycles. The van der Waals surface area contributed by atoms with E-state index < -0.39 is 0 Å². The molecule has 1 aliphatic rings. The van der Waals surface area contributed by atoms with Crippen molar-refractivity contribution in [3.05, 3.63) is 0 Å². The summed E-state index contributed by atoms with van der Waals surface area (Å²) in [5.41, 5.74) is 0.433. The zero-order valence-electron chi connectivity index (χ0n) is 12.7. The first-order chi connectivity index (χ1) is 8.29. The molecule has 0 bridgehead atoms. The maximum atomic E-state index is 11.8. The molecule has 1 saturated heterocycles. The van der Waals surface area contributed by atoms with E-state index in [0.717, 1.165) is 26.2 Å². The van der Waals surface area contributed by atoms with Crippen LogP contribution in [-0.2, 0) is 0 Å². The van der Waals surface area contributed by atoms with Gasteiger partial charge >= 0.3 is 6.03 Å². The number of nitrogens with zero attached hydrogens (tertiary/aromatic N) is 3. The lowest BCUT2D eigenvalue weighted by molar-refractivity contribution is 0.120. The van der Waals surface area contributed by atoms with Gasteiger partial charge in [0.1, 0.15) is 0 Å². The second kappa shape index (κ2) is 6.41. The maximum Gasteiger partial charge on any atom is 0.319 e. The molecule has 1 fully saturated rings. The van der Waals surface area contributed by atoms with Gasteiger partial charge in [-0.1, -0.05) is 20.8 Å². The molecule has 0 aromatic carbocycles. The standard InChI is InChI=1S/C14H29N3O/c1-14(2,3)7-6-8-16-9-11-17(12-10-16)13(18)15(4)5/h6-12H2,1-5H3. The minimum absolute atomic E-state index is 0.143. The second-order valence-corrected chi connectivity index (χ2v) is 6.67. The van der Waals surface area contributed by atoms with Crippen molar-refractivity contribution in [3.63, 3.8) is 0 Å². The topological polar surface area (TPSA) is 26.8 Å². The van der Waals surface area contributed by atoms with Crippen molar-refractivity contribution < 1.29 is 4.79 Å². The number of rotatable bonds is 3. The molecule has 2 amide bonds. The van der Waals surface area contributed by atoms with Crippen molar-refractivity contribution >= 4 is 6.03 Å². The van der Waals surface area contributed by atoms with Crippen molar-refractivity contribution in [3.8, 4) is 0 Å². The summed E-state index contributed by atoms with van der Waals surface area (Å²) < 4.78 is 0. The molecule has 0 aliphatic carbocycles. The summed E-state index contributed by atoms with van der Waals surface area (Å²) in [6.07, 6.45) is 2.52. The minimum atomic E-state index is 0.143. The Kier molecular flexibility index (Phi) is 5.45. The molecule has 0 aromatic rings. The van der Waals surface area contributed by atoms with Gasteiger partial charge in [0, 0.05) is 40.3 Å². The number of piperazine rings is 1. The molecule has 18 heavy (non-hydrogen) atoms. The summed E-state index contributed by atoms with van der Waals surface area (Å²) >= 11 is 0. The maximum absolute atomic E-state index is 11.8. The largest absolute Gasteiger partial charge is 0.331 e. The Hall–Kier alpha value is -0.770. The van der Waals surface area contributed by atoms with Crippen LogP contribution in [0.5, 0.6) is 0 Å². The van der Waals surface area contributed by atoms with E-state index in [0.29, 0.717) is 5.41 Å². The van der Waals surface area contributed by atoms with Crippen LogP contribution in [0.2, 0.25) is 0 Å². The van der Waals surface area contributed by atoms with Gasteiger partial charge < -0.3 is 9.80 Å². The van der Waals surface area contributed by atoms with E-state index in [2.05, 4.69) is 25.7 Å². The number of urea groups is 1. The van der Waals surface area contributed by atoms with Crippen LogP contribution in [0.1, 0.15) is 33.6 Å². The van der Waals surface area contributed by atoms with Gasteiger partial charge in [0.15, 0.2) is 0 Å². The predicted octanol–water partition coefficient (Wildman–Crippen LogP) is 2.11. The van der Waals surface area contributed by atoms with E-state index in [9.17, 15) is 4.79 Å². The summed E-state index contributed by atoms with van der Waals surface area (Å²) in [6, 6.07) is 0.143. The van der Waals surface area contributed by atoms with Crippen LogP contribution in [0.25, 0.3) is 0 Å². The van der Waals surface area contributed by atoms with Gasteiger partial charge in [-0.05, 0) is 24.8 Å². The molecular formula is C14H29N3O. The molecule has 1 aliphatic heterocycles. The van der Waals surface area contributed by atoms with Crippen molar-refractivity contribution in [2.75, 3.05) is 46.8 Å². The van der Waals surface area contributed by atoms with Gasteiger partial charge in [0.05, 0.1) is 0 Å². The third-order valence-electron chi connectivity index (χ3n) is 3.43. The first-order valence-electron chi connectivity index (χ1n) is 6.98. The van der Waals surface area contributed by atoms with Gasteiger partial charge in [-0.3, -0.25) is 4.90 Å². The predicted molar refractivity (Wildman–Crippen MR) is 75.8 cm³/mol. The molecule has 106 valence electrons. The fourth-order valence-corrected chi connectivity index (χ4v) is 2.28. The van der Waals surface area contributed by atoms with Crippen molar-refractivity contribution in [1.29, 1.82) is 0 Å². The highest BCUT2D eigenvalue weighted by Gasteiger charge is 2.22. The van der Waals surface area contributed by atoms with Crippen molar-refractivity contribution in [1.82, 2.24) is 14.7 Å². The van der Waals surface area contributed by atoms with Crippen molar-refractivity contribution in [2.45, 2.75) is 33.6 Å². The molecule has 0 aromatic heterocycles. The van der Waals surface area contributed by atoms with Crippen LogP contribution >= 0.6 is 0 Å². The highest BCUT2D eigenvalue weighted by Crippen LogP contribution is 2.20. The summed E-state index contributed by atoms with van der Waals surface area (Å²) in [6.45, 7) is 11.8. The third kappa shape index (κ3) is 5.25. The summed E-state index contributed by atoms with van der Waals surface area (Å²) in [7, 11) is 3.63. The van der Waals surface area contributed by atoms with Crippen molar-refractivity contribution in [2.24, 2.45) is 5.41 Å². The monoisotopic (exact) mass is 255 g/mol. The second-order valence-electron chi connectivity index (χ2n) is 6.67. The van der Waals surface area contributed by atoms with Crippen LogP contribution in [0.15, 0.2) is 0 Å². The average Bonchev–Trinajstić information content (AvgIpc) is 2.27. The average molecular weight is 255 g/mol. The SMILES string of the molecule is CN(C)C(=O)N1CCN(CCCC(C)(C)C)CC1. The quantitative estimate of drug-likeness (QED) is 0.772. The van der Waals surface area contributed by atoms with Crippen LogP contribution in [0.4, 0.5) is 4.79 Å². The van der Waals surface area contributed by atoms with Crippen LogP contribution in [-0.4, -0.2) is 67.5 Å². The van der Waals surface area contributed by atoms with Gasteiger partial charge in [-0.2, -0.15) is 0 Å². The smallest absolute Gasteiger partial charge is 0.319 e. The minimum Gasteiger partial charge on any atom is -0.331 e. The highest BCUT2D eigenvalue weighted by atomic mass is 16.2. The molecule has 0 spiro atoms. The summed E-state index contributed by atoms with van der Waals surface area (Å²) in [5, 5.41) is 0. The normalized spacial score (nSPS) is 17.9. The molecule has 0 radical (unpaired) electrons. The Balaban J connectivity index is 2.21. The van der Waals surface area contributed by atoms with E-state index >= 15 is 0 Å². The summed E-state index contributed by atoms with van der Waals surface area (Å²) in [5.74, 6) is 0. The number of carbonyl (C=O) groups is 1. The molecule has 0 unspecified atom stereocenters. The van der Waals surface area contributed by atoms with E-state index in [-0.39, 0.29) is 6.03 Å². The lowest BCUT2D eigenvalue weighted by atomic mass is 9.90. The Morgan fingerprint density at radius 2 is 1.67 bits per heavy atom. The molecule has 0 atom stereocenters. The molecular weight excluding hydrogens is 226 g/mol. The zero-order chi connectivity index (χ0) is 13.8. The Morgan fingerprint density at radius 3 is 2.11 bits per heavy atom. The van der Waals surface area contributed by atoms with Crippen LogP contribution < -0.4 is 0 Å². The van der Waals surface area contributed by atoms with Crippen LogP contribution in [0, 0.1) is 5.41 Å². The Bertz CT molecular complexity index is 263. The molecule has 0 N–H and O–H groups in total. The number of carbonyl (C=O) groups excluding carboxylic acids is 1. The fraction of sp³-hybridized carbons (Fsp3) is 0.929. The first-order valence-corrected chi connectivity index (χ1v) is 6.98. The number of hydrogen-bond donors (Lipinski definition) is 0. The van der Waals surface area contributed by atoms with Gasteiger partial charge in [-0.25, -0.2) is 4.79 Å². The lowest BCUT2D eigenvalue weighted by Gasteiger charge is -2.36. The van der Waals surface area contributed by atoms with E-state index in [1.807, 2.05) is 19.0 Å². The molecule has 1 rings (SSSR count).